The Morgan fingerprint density at radius 3 is 1.11 bits per heavy atom. The smallest absolute Gasteiger partial charge is 0.306 e. The van der Waals surface area contributed by atoms with Crippen molar-refractivity contribution < 1.29 is 37.3 Å². The molecular formula is C56H114NO7P. The lowest BCUT2D eigenvalue weighted by atomic mass is 9.94. The van der Waals surface area contributed by atoms with Crippen LogP contribution in [0.15, 0.2) is 0 Å². The number of quaternary nitrogens is 1. The molecule has 0 fully saturated rings. The number of likely N-dealkylation sites (N-methyl/N-ethyl adjacent to an activating group) is 1. The summed E-state index contributed by atoms with van der Waals surface area (Å²) in [4.78, 5) is 25.8. The van der Waals surface area contributed by atoms with Gasteiger partial charge in [0.05, 0.1) is 34.4 Å². The van der Waals surface area contributed by atoms with Gasteiger partial charge in [0.25, 0.3) is 7.82 Å². The molecule has 9 heteroatoms. The van der Waals surface area contributed by atoms with Crippen molar-refractivity contribution in [3.05, 3.63) is 0 Å². The highest BCUT2D eigenvalue weighted by Gasteiger charge is 2.21. The Kier molecular flexibility index (Phi) is 48.1. The Bertz CT molecular complexity index is 995. The topological polar surface area (TPSA) is 94.1 Å². The minimum absolute atomic E-state index is 0.0321. The number of carbonyl (C=O) groups excluding carboxylic acids is 1. The van der Waals surface area contributed by atoms with E-state index in [0.717, 1.165) is 32.1 Å². The van der Waals surface area contributed by atoms with Gasteiger partial charge in [-0.1, -0.05) is 265 Å². The molecule has 0 rings (SSSR count). The van der Waals surface area contributed by atoms with Crippen molar-refractivity contribution >= 4 is 13.8 Å². The first kappa shape index (κ1) is 64.5. The first-order valence-electron chi connectivity index (χ1n) is 28.7. The summed E-state index contributed by atoms with van der Waals surface area (Å²) in [6, 6.07) is 0. The van der Waals surface area contributed by atoms with Crippen LogP contribution in [0.25, 0.3) is 0 Å². The number of unbranched alkanes of at least 4 members (excludes halogenated alkanes) is 36. The quantitative estimate of drug-likeness (QED) is 0.0259. The molecule has 65 heavy (non-hydrogen) atoms. The van der Waals surface area contributed by atoms with Crippen molar-refractivity contribution in [1.82, 2.24) is 0 Å². The standard InChI is InChI=1S/C56H114NO7P/c1-7-10-13-16-19-22-25-28-29-30-33-36-39-42-45-48-56(58)64-55(53-63-65(59,60)62-50-49-57(4,5)6)52-61-51-54(46-43-40-37-34-31-26-23-20-17-14-11-8-2)47-44-41-38-35-32-27-24-21-18-15-12-9-3/h54-55H,7-53H2,1-6H3/t55-/m1/s1. The van der Waals surface area contributed by atoms with E-state index in [-0.39, 0.29) is 25.8 Å². The molecule has 0 amide bonds. The lowest BCUT2D eigenvalue weighted by Gasteiger charge is -2.28. The van der Waals surface area contributed by atoms with Gasteiger partial charge in [-0.25, -0.2) is 0 Å². The largest absolute Gasteiger partial charge is 0.756 e. The number of rotatable bonds is 54. The molecule has 0 aliphatic carbocycles. The second-order valence-electron chi connectivity index (χ2n) is 21.2. The highest BCUT2D eigenvalue weighted by molar-refractivity contribution is 7.45. The fourth-order valence-corrected chi connectivity index (χ4v) is 9.59. The number of nitrogens with zero attached hydrogens (tertiary/aromatic N) is 1. The van der Waals surface area contributed by atoms with Crippen molar-refractivity contribution in [1.29, 1.82) is 0 Å². The Hall–Kier alpha value is -0.500. The van der Waals surface area contributed by atoms with E-state index in [1.807, 2.05) is 21.1 Å². The zero-order valence-electron chi connectivity index (χ0n) is 44.6. The van der Waals surface area contributed by atoms with Crippen LogP contribution in [-0.4, -0.2) is 70.7 Å². The van der Waals surface area contributed by atoms with Gasteiger partial charge < -0.3 is 27.9 Å². The van der Waals surface area contributed by atoms with Crippen LogP contribution in [-0.2, 0) is 27.9 Å². The Balaban J connectivity index is 4.95. The van der Waals surface area contributed by atoms with E-state index in [4.69, 9.17) is 18.5 Å². The van der Waals surface area contributed by atoms with Crippen molar-refractivity contribution in [2.45, 2.75) is 297 Å². The van der Waals surface area contributed by atoms with Crippen LogP contribution in [0, 0.1) is 5.92 Å². The zero-order chi connectivity index (χ0) is 47.8. The normalized spacial score (nSPS) is 13.5. The van der Waals surface area contributed by atoms with Gasteiger partial charge in [-0.2, -0.15) is 0 Å². The van der Waals surface area contributed by atoms with E-state index in [2.05, 4.69) is 20.8 Å². The first-order valence-corrected chi connectivity index (χ1v) is 30.2. The molecule has 390 valence electrons. The van der Waals surface area contributed by atoms with Gasteiger partial charge in [-0.3, -0.25) is 9.36 Å². The predicted molar refractivity (Wildman–Crippen MR) is 278 cm³/mol. The molecule has 0 aromatic carbocycles. The summed E-state index contributed by atoms with van der Waals surface area (Å²) in [6.45, 7) is 7.82. The summed E-state index contributed by atoms with van der Waals surface area (Å²) >= 11 is 0. The number of phosphoric ester groups is 1. The van der Waals surface area contributed by atoms with E-state index in [1.54, 1.807) is 0 Å². The average Bonchev–Trinajstić information content (AvgIpc) is 3.26. The Labute approximate surface area is 406 Å². The van der Waals surface area contributed by atoms with Gasteiger partial charge in [0, 0.05) is 13.0 Å². The highest BCUT2D eigenvalue weighted by Crippen LogP contribution is 2.38. The second-order valence-corrected chi connectivity index (χ2v) is 22.6. The molecule has 0 radical (unpaired) electrons. The van der Waals surface area contributed by atoms with Gasteiger partial charge in [0.15, 0.2) is 0 Å². The molecule has 0 bridgehead atoms. The number of hydrogen-bond acceptors (Lipinski definition) is 7. The Morgan fingerprint density at radius 1 is 0.446 bits per heavy atom. The van der Waals surface area contributed by atoms with Crippen LogP contribution >= 0.6 is 7.82 Å². The van der Waals surface area contributed by atoms with Crippen LogP contribution in [0.2, 0.25) is 0 Å². The maximum Gasteiger partial charge on any atom is 0.306 e. The fraction of sp³-hybridized carbons (Fsp3) is 0.982. The number of esters is 1. The molecule has 2 atom stereocenters. The van der Waals surface area contributed by atoms with E-state index in [1.165, 1.54) is 231 Å². The third kappa shape index (κ3) is 51.2. The molecule has 0 saturated carbocycles. The van der Waals surface area contributed by atoms with E-state index in [0.29, 0.717) is 30.0 Å². The second kappa shape index (κ2) is 48.5. The summed E-state index contributed by atoms with van der Waals surface area (Å²) in [5.41, 5.74) is 0. The van der Waals surface area contributed by atoms with E-state index < -0.39 is 13.9 Å². The van der Waals surface area contributed by atoms with Crippen molar-refractivity contribution in [3.63, 3.8) is 0 Å². The summed E-state index contributed by atoms with van der Waals surface area (Å²) in [5.74, 6) is 0.136. The van der Waals surface area contributed by atoms with E-state index in [9.17, 15) is 14.3 Å². The molecule has 0 N–H and O–H groups in total. The van der Waals surface area contributed by atoms with Crippen molar-refractivity contribution in [2.75, 3.05) is 54.1 Å². The molecule has 0 spiro atoms. The lowest BCUT2D eigenvalue weighted by Crippen LogP contribution is -2.37. The van der Waals surface area contributed by atoms with Crippen LogP contribution < -0.4 is 4.89 Å². The van der Waals surface area contributed by atoms with Crippen molar-refractivity contribution in [3.8, 4) is 0 Å². The van der Waals surface area contributed by atoms with E-state index >= 15 is 0 Å². The maximum atomic E-state index is 13.1. The fourth-order valence-electron chi connectivity index (χ4n) is 8.86. The van der Waals surface area contributed by atoms with Gasteiger partial charge >= 0.3 is 5.97 Å². The van der Waals surface area contributed by atoms with Crippen LogP contribution in [0.3, 0.4) is 0 Å². The highest BCUT2D eigenvalue weighted by atomic mass is 31.2. The third-order valence-electron chi connectivity index (χ3n) is 13.3. The molecule has 0 aromatic heterocycles. The number of ether oxygens (including phenoxy) is 2. The van der Waals surface area contributed by atoms with Crippen LogP contribution in [0.5, 0.6) is 0 Å². The van der Waals surface area contributed by atoms with Gasteiger partial charge in [0.1, 0.15) is 19.3 Å². The van der Waals surface area contributed by atoms with Gasteiger partial charge in [-0.05, 0) is 25.2 Å². The van der Waals surface area contributed by atoms with Gasteiger partial charge in [-0.15, -0.1) is 0 Å². The summed E-state index contributed by atoms with van der Waals surface area (Å²) in [6.07, 6.45) is 53.1. The molecule has 0 aromatic rings. The number of carbonyl (C=O) groups is 1. The SMILES string of the molecule is CCCCCCCCCCCCCCCCCC(=O)O[C@H](COCC(CCCCCCCCCCCCCC)CCCCCCCCCCCCCC)COP(=O)([O-])OCC[N+](C)(C)C. The predicted octanol–water partition coefficient (Wildman–Crippen LogP) is 17.2. The van der Waals surface area contributed by atoms with Crippen molar-refractivity contribution in [2.24, 2.45) is 5.92 Å². The summed E-state index contributed by atoms with van der Waals surface area (Å²) < 4.78 is 35.9. The van der Waals surface area contributed by atoms with Gasteiger partial charge in [0.2, 0.25) is 0 Å². The molecule has 0 heterocycles. The first-order chi connectivity index (χ1) is 31.5. The molecule has 0 aliphatic rings. The third-order valence-corrected chi connectivity index (χ3v) is 14.3. The lowest BCUT2D eigenvalue weighted by molar-refractivity contribution is -0.870. The number of hydrogen-bond donors (Lipinski definition) is 0. The number of phosphoric acid groups is 1. The van der Waals surface area contributed by atoms with Crippen LogP contribution in [0.1, 0.15) is 290 Å². The van der Waals surface area contributed by atoms with Crippen LogP contribution in [0.4, 0.5) is 0 Å². The molecule has 0 aliphatic heterocycles. The molecule has 1 unspecified atom stereocenters. The summed E-state index contributed by atoms with van der Waals surface area (Å²) in [7, 11) is 1.38. The Morgan fingerprint density at radius 2 is 0.769 bits per heavy atom. The minimum Gasteiger partial charge on any atom is -0.756 e. The monoisotopic (exact) mass is 944 g/mol. The molecule has 0 saturated heterocycles. The molecule has 8 nitrogen and oxygen atoms in total. The maximum absolute atomic E-state index is 13.1. The average molecular weight is 945 g/mol. The summed E-state index contributed by atoms with van der Waals surface area (Å²) in [5, 5.41) is 0. The molecular weight excluding hydrogens is 830 g/mol. The zero-order valence-corrected chi connectivity index (χ0v) is 45.5. The minimum atomic E-state index is -4.56.